The minimum atomic E-state index is -1.69. The van der Waals surface area contributed by atoms with Crippen molar-refractivity contribution in [2.75, 3.05) is 23.4 Å². The first-order valence-corrected chi connectivity index (χ1v) is 9.89. The van der Waals surface area contributed by atoms with E-state index in [4.69, 9.17) is 15.9 Å². The van der Waals surface area contributed by atoms with Gasteiger partial charge < -0.3 is 25.8 Å². The highest BCUT2D eigenvalue weighted by molar-refractivity contribution is 6.04. The standard InChI is InChI=1S/C22H22N6O4/c23-20(24)14-1-5-16(6-2-14)27-21(30)18(29)19-22(31)28(9-10-32-19)17-7-3-13(4-8-17)15-11-25-26-12-15/h1-8,11-12,18-19,29H,9-10H2,(H3,23,24)(H,25,26)(H,27,30)/t18?,19-/m1/s1. The highest BCUT2D eigenvalue weighted by Crippen LogP contribution is 2.25. The molecule has 10 nitrogen and oxygen atoms in total. The average molecular weight is 434 g/mol. The van der Waals surface area contributed by atoms with Crippen LogP contribution in [0.25, 0.3) is 11.1 Å². The number of nitrogens with two attached hydrogens (primary N) is 1. The molecule has 0 radical (unpaired) electrons. The number of hydrogen-bond acceptors (Lipinski definition) is 6. The summed E-state index contributed by atoms with van der Waals surface area (Å²) in [7, 11) is 0. The predicted octanol–water partition coefficient (Wildman–Crippen LogP) is 1.09. The van der Waals surface area contributed by atoms with Crippen LogP contribution in [0, 0.1) is 5.41 Å². The molecule has 1 saturated heterocycles. The number of hydrogen-bond donors (Lipinski definition) is 5. The zero-order chi connectivity index (χ0) is 22.7. The fourth-order valence-corrected chi connectivity index (χ4v) is 3.42. The molecule has 1 aromatic heterocycles. The summed E-state index contributed by atoms with van der Waals surface area (Å²) in [4.78, 5) is 27.0. The predicted molar refractivity (Wildman–Crippen MR) is 118 cm³/mol. The van der Waals surface area contributed by atoms with Gasteiger partial charge in [-0.2, -0.15) is 5.10 Å². The zero-order valence-corrected chi connectivity index (χ0v) is 17.0. The number of nitrogens with zero attached hydrogens (tertiary/aromatic N) is 2. The van der Waals surface area contributed by atoms with Gasteiger partial charge in [-0.1, -0.05) is 12.1 Å². The normalized spacial score (nSPS) is 17.1. The molecular formula is C22H22N6O4. The fourth-order valence-electron chi connectivity index (χ4n) is 3.42. The van der Waals surface area contributed by atoms with Gasteiger partial charge in [-0.25, -0.2) is 0 Å². The van der Waals surface area contributed by atoms with E-state index in [0.717, 1.165) is 11.1 Å². The van der Waals surface area contributed by atoms with Crippen molar-refractivity contribution in [2.45, 2.75) is 12.2 Å². The van der Waals surface area contributed by atoms with Gasteiger partial charge >= 0.3 is 0 Å². The molecule has 1 unspecified atom stereocenters. The lowest BCUT2D eigenvalue weighted by molar-refractivity contribution is -0.150. The molecule has 3 aromatic rings. The first-order valence-electron chi connectivity index (χ1n) is 9.89. The van der Waals surface area contributed by atoms with Gasteiger partial charge in [0.05, 0.1) is 12.8 Å². The van der Waals surface area contributed by atoms with Crippen molar-refractivity contribution in [1.82, 2.24) is 10.2 Å². The summed E-state index contributed by atoms with van der Waals surface area (Å²) in [6, 6.07) is 13.6. The molecule has 164 valence electrons. The van der Waals surface area contributed by atoms with Crippen LogP contribution < -0.4 is 16.0 Å². The SMILES string of the molecule is N=C(N)c1ccc(NC(=O)C(O)[C@H]2OCCN(c3ccc(-c4cn[nH]c4)cc3)C2=O)cc1. The van der Waals surface area contributed by atoms with Crippen LogP contribution in [0.1, 0.15) is 5.56 Å². The molecule has 6 N–H and O–H groups in total. The third-order valence-electron chi connectivity index (χ3n) is 5.15. The molecule has 1 fully saturated rings. The molecule has 2 heterocycles. The Bertz CT molecular complexity index is 1110. The molecule has 0 aliphatic carbocycles. The van der Waals surface area contributed by atoms with Crippen LogP contribution in [-0.4, -0.2) is 58.3 Å². The Balaban J connectivity index is 1.43. The van der Waals surface area contributed by atoms with Crippen molar-refractivity contribution >= 4 is 29.0 Å². The molecule has 0 bridgehead atoms. The number of benzene rings is 2. The summed E-state index contributed by atoms with van der Waals surface area (Å²) in [6.45, 7) is 0.485. The van der Waals surface area contributed by atoms with Crippen LogP contribution in [0.5, 0.6) is 0 Å². The van der Waals surface area contributed by atoms with E-state index in [1.54, 1.807) is 48.8 Å². The summed E-state index contributed by atoms with van der Waals surface area (Å²) in [5.41, 5.74) is 8.82. The maximum atomic E-state index is 13.0. The van der Waals surface area contributed by atoms with E-state index in [1.165, 1.54) is 4.90 Å². The van der Waals surface area contributed by atoms with E-state index in [1.807, 2.05) is 12.1 Å². The topological polar surface area (TPSA) is 157 Å². The lowest BCUT2D eigenvalue weighted by atomic mass is 10.1. The Kier molecular flexibility index (Phi) is 5.97. The minimum Gasteiger partial charge on any atom is -0.384 e. The smallest absolute Gasteiger partial charge is 0.259 e. The number of amides is 2. The van der Waals surface area contributed by atoms with Gasteiger partial charge in [0.1, 0.15) is 5.84 Å². The first-order chi connectivity index (χ1) is 15.4. The fraction of sp³-hybridized carbons (Fsp3) is 0.182. The van der Waals surface area contributed by atoms with Crippen LogP contribution in [0.4, 0.5) is 11.4 Å². The highest BCUT2D eigenvalue weighted by atomic mass is 16.5. The summed E-state index contributed by atoms with van der Waals surface area (Å²) < 4.78 is 5.44. The molecule has 4 rings (SSSR count). The number of ether oxygens (including phenoxy) is 1. The third kappa shape index (κ3) is 4.36. The van der Waals surface area contributed by atoms with Crippen molar-refractivity contribution in [3.63, 3.8) is 0 Å². The van der Waals surface area contributed by atoms with Gasteiger partial charge in [0, 0.05) is 35.2 Å². The van der Waals surface area contributed by atoms with Crippen LogP contribution in [0.3, 0.4) is 0 Å². The van der Waals surface area contributed by atoms with E-state index in [9.17, 15) is 14.7 Å². The number of aromatic nitrogens is 2. The second kappa shape index (κ2) is 9.00. The maximum absolute atomic E-state index is 13.0. The van der Waals surface area contributed by atoms with Gasteiger partial charge in [-0.15, -0.1) is 0 Å². The van der Waals surface area contributed by atoms with Gasteiger partial charge in [0.15, 0.2) is 12.2 Å². The number of morpholine rings is 1. The minimum absolute atomic E-state index is 0.0954. The van der Waals surface area contributed by atoms with Crippen molar-refractivity contribution in [3.05, 3.63) is 66.5 Å². The van der Waals surface area contributed by atoms with Crippen molar-refractivity contribution < 1.29 is 19.4 Å². The average Bonchev–Trinajstić information content (AvgIpc) is 3.34. The van der Waals surface area contributed by atoms with Crippen molar-refractivity contribution in [2.24, 2.45) is 5.73 Å². The van der Waals surface area contributed by atoms with Crippen molar-refractivity contribution in [1.29, 1.82) is 5.41 Å². The largest absolute Gasteiger partial charge is 0.384 e. The van der Waals surface area contributed by atoms with E-state index in [0.29, 0.717) is 23.5 Å². The number of nitrogens with one attached hydrogen (secondary N) is 3. The number of aromatic amines is 1. The first kappa shape index (κ1) is 21.2. The van der Waals surface area contributed by atoms with E-state index < -0.39 is 24.0 Å². The zero-order valence-electron chi connectivity index (χ0n) is 17.0. The van der Waals surface area contributed by atoms with E-state index in [-0.39, 0.29) is 12.4 Å². The Morgan fingerprint density at radius 3 is 2.56 bits per heavy atom. The number of anilines is 2. The molecule has 0 saturated carbocycles. The molecule has 2 amide bonds. The van der Waals surface area contributed by atoms with E-state index in [2.05, 4.69) is 15.5 Å². The monoisotopic (exact) mass is 434 g/mol. The van der Waals surface area contributed by atoms with Gasteiger partial charge in [-0.05, 0) is 42.0 Å². The van der Waals surface area contributed by atoms with Crippen LogP contribution in [-0.2, 0) is 14.3 Å². The second-order valence-electron chi connectivity index (χ2n) is 7.24. The number of amidine groups is 1. The maximum Gasteiger partial charge on any atom is 0.259 e. The summed E-state index contributed by atoms with van der Waals surface area (Å²) >= 11 is 0. The number of aliphatic hydroxyl groups excluding tert-OH is 1. The van der Waals surface area contributed by atoms with Crippen LogP contribution >= 0.6 is 0 Å². The molecule has 32 heavy (non-hydrogen) atoms. The number of carbonyl (C=O) groups excluding carboxylic acids is 2. The summed E-state index contributed by atoms with van der Waals surface area (Å²) in [6.07, 6.45) is 0.456. The molecule has 2 aromatic carbocycles. The Hall–Kier alpha value is -4.02. The molecule has 1 aliphatic rings. The van der Waals surface area contributed by atoms with E-state index >= 15 is 0 Å². The lowest BCUT2D eigenvalue weighted by Crippen LogP contribution is -2.55. The van der Waals surface area contributed by atoms with Gasteiger partial charge in [0.2, 0.25) is 0 Å². The number of nitrogen functional groups attached to an aromatic ring is 1. The van der Waals surface area contributed by atoms with Gasteiger partial charge in [0.25, 0.3) is 11.8 Å². The second-order valence-corrected chi connectivity index (χ2v) is 7.24. The molecule has 10 heteroatoms. The lowest BCUT2D eigenvalue weighted by Gasteiger charge is -2.34. The van der Waals surface area contributed by atoms with Crippen LogP contribution in [0.2, 0.25) is 0 Å². The number of aliphatic hydroxyl groups is 1. The number of carbonyl (C=O) groups is 2. The molecule has 1 aliphatic heterocycles. The number of rotatable bonds is 6. The Morgan fingerprint density at radius 1 is 1.22 bits per heavy atom. The summed E-state index contributed by atoms with van der Waals surface area (Å²) in [5, 5.41) is 27.1. The quantitative estimate of drug-likeness (QED) is 0.289. The summed E-state index contributed by atoms with van der Waals surface area (Å²) in [5.74, 6) is -1.36. The Labute approximate surface area is 183 Å². The van der Waals surface area contributed by atoms with Crippen molar-refractivity contribution in [3.8, 4) is 11.1 Å². The number of H-pyrrole nitrogens is 1. The Morgan fingerprint density at radius 2 is 1.94 bits per heavy atom. The highest BCUT2D eigenvalue weighted by Gasteiger charge is 2.39. The third-order valence-corrected chi connectivity index (χ3v) is 5.15. The van der Waals surface area contributed by atoms with Gasteiger partial charge in [-0.3, -0.25) is 20.1 Å². The van der Waals surface area contributed by atoms with Crippen LogP contribution in [0.15, 0.2) is 60.9 Å². The molecular weight excluding hydrogens is 412 g/mol. The molecule has 0 spiro atoms. The molecule has 2 atom stereocenters.